The van der Waals surface area contributed by atoms with Crippen LogP contribution in [0.2, 0.25) is 0 Å². The molecule has 0 aromatic heterocycles. The van der Waals surface area contributed by atoms with E-state index >= 15 is 0 Å². The molecular weight excluding hydrogens is 1250 g/mol. The minimum atomic E-state index is -0.616. The molecular formula is C73H96BrN7O12. The number of Topliss-reactive ketones (excluding diaryl/α,β-unsaturated/α-hetero) is 1. The Kier molecular flexibility index (Phi) is 28.4. The summed E-state index contributed by atoms with van der Waals surface area (Å²) in [6.07, 6.45) is 4.61. The number of amides is 5. The Hall–Kier alpha value is -8.36. The molecule has 3 heterocycles. The number of methoxy groups -OCH3 is 2. The minimum Gasteiger partial charge on any atom is -0.497 e. The van der Waals surface area contributed by atoms with Gasteiger partial charge in [0, 0.05) is 123 Å². The topological polar surface area (TPSA) is 229 Å². The standard InChI is InChI=1S/C35H38BrN3O7.C19H28N2O2.C10H17NO3.C9H13N/c1-35(2,3)46-34(43)38-16-14-26(15-17-38)39(21-24-11-12-27(44-4)19-31(24)45-5)33(42)29-13-10-23(18-30(29)36)20-37-32(41)28-9-7-6-8-25(28)22-40;1-14-6-7-16(15(2)12-14)13-20-17-8-10-21(11-9-17)18(22)23-19(3,4)5;1-10(2,3)14-9(13)11-6-4-8(12)5-7-11;1-7-3-4-9(6-10)8(2)5-7/h6-14,18-19,22H,15-17,20-21H2,1-5H3,(H,37,41);6-7,12H,8-11,13H2,1-5H3;4-7H2,1-3H3;3-5H,6,10H2,1-2H3. The average molecular weight is 1340 g/mol. The van der Waals surface area contributed by atoms with Crippen molar-refractivity contribution in [2.45, 2.75) is 165 Å². The summed E-state index contributed by atoms with van der Waals surface area (Å²) >= 11 is 3.57. The molecule has 93 heavy (non-hydrogen) atoms. The number of carbonyl (C=O) groups excluding carboxylic acids is 7. The number of nitrogens with one attached hydrogen (secondary N) is 1. The second-order valence-corrected chi connectivity index (χ2v) is 26.9. The number of halogens is 1. The largest absolute Gasteiger partial charge is 0.497 e. The van der Waals surface area contributed by atoms with Crippen molar-refractivity contribution in [3.63, 3.8) is 0 Å². The van der Waals surface area contributed by atoms with E-state index in [0.717, 1.165) is 36.2 Å². The number of ketones is 1. The first kappa shape index (κ1) is 75.4. The van der Waals surface area contributed by atoms with Crippen molar-refractivity contribution in [3.05, 3.63) is 175 Å². The van der Waals surface area contributed by atoms with Crippen molar-refractivity contribution in [3.8, 4) is 11.5 Å². The van der Waals surface area contributed by atoms with Crippen molar-refractivity contribution in [2.24, 2.45) is 10.7 Å². The van der Waals surface area contributed by atoms with Crippen LogP contribution in [0.3, 0.4) is 0 Å². The van der Waals surface area contributed by atoms with Crippen LogP contribution in [-0.2, 0) is 45.2 Å². The quantitative estimate of drug-likeness (QED) is 0.0826. The van der Waals surface area contributed by atoms with E-state index in [0.29, 0.717) is 104 Å². The Morgan fingerprint density at radius 2 is 1.15 bits per heavy atom. The van der Waals surface area contributed by atoms with Crippen LogP contribution in [-0.4, -0.2) is 138 Å². The van der Waals surface area contributed by atoms with Gasteiger partial charge in [-0.1, -0.05) is 71.8 Å². The van der Waals surface area contributed by atoms with Crippen LogP contribution >= 0.6 is 15.9 Å². The lowest BCUT2D eigenvalue weighted by atomic mass is 10.1. The van der Waals surface area contributed by atoms with Crippen molar-refractivity contribution in [1.82, 2.24) is 24.9 Å². The molecule has 2 saturated heterocycles. The first-order chi connectivity index (χ1) is 43.8. The van der Waals surface area contributed by atoms with Gasteiger partial charge in [0.25, 0.3) is 11.8 Å². The number of piperidine rings is 2. The molecule has 3 N–H and O–H groups in total. The first-order valence-electron chi connectivity index (χ1n) is 31.4. The van der Waals surface area contributed by atoms with Crippen LogP contribution in [0.1, 0.15) is 170 Å². The molecule has 502 valence electrons. The summed E-state index contributed by atoms with van der Waals surface area (Å²) in [6.45, 7) is 29.9. The van der Waals surface area contributed by atoms with Gasteiger partial charge in [0.2, 0.25) is 0 Å². The van der Waals surface area contributed by atoms with Gasteiger partial charge in [0.1, 0.15) is 34.1 Å². The lowest BCUT2D eigenvalue weighted by Crippen LogP contribution is -2.41. The van der Waals surface area contributed by atoms with Gasteiger partial charge in [-0.15, -0.1) is 0 Å². The maximum absolute atomic E-state index is 14.2. The number of aldehydes is 1. The number of carbonyl (C=O) groups is 7. The van der Waals surface area contributed by atoms with E-state index in [-0.39, 0.29) is 42.9 Å². The molecule has 0 spiro atoms. The van der Waals surface area contributed by atoms with Crippen LogP contribution in [0.25, 0.3) is 0 Å². The third kappa shape index (κ3) is 24.9. The third-order valence-corrected chi connectivity index (χ3v) is 15.6. The monoisotopic (exact) mass is 1340 g/mol. The van der Waals surface area contributed by atoms with E-state index in [9.17, 15) is 33.6 Å². The highest BCUT2D eigenvalue weighted by Crippen LogP contribution is 2.31. The van der Waals surface area contributed by atoms with Crippen molar-refractivity contribution in [1.29, 1.82) is 0 Å². The number of aryl methyl sites for hydroxylation is 4. The van der Waals surface area contributed by atoms with Crippen LogP contribution in [0.15, 0.2) is 118 Å². The number of hydrogen-bond acceptors (Lipinski definition) is 14. The highest BCUT2D eigenvalue weighted by Gasteiger charge is 2.31. The smallest absolute Gasteiger partial charge is 0.410 e. The van der Waals surface area contributed by atoms with E-state index in [1.807, 2.05) is 80.5 Å². The Morgan fingerprint density at radius 1 is 0.624 bits per heavy atom. The number of nitrogens with zero attached hydrogens (tertiary/aromatic N) is 5. The van der Waals surface area contributed by atoms with Gasteiger partial charge < -0.3 is 54.3 Å². The summed E-state index contributed by atoms with van der Waals surface area (Å²) in [4.78, 5) is 96.9. The Bertz CT molecular complexity index is 3470. The zero-order chi connectivity index (χ0) is 68.8. The van der Waals surface area contributed by atoms with Gasteiger partial charge >= 0.3 is 18.3 Å². The van der Waals surface area contributed by atoms with Crippen LogP contribution in [0.4, 0.5) is 14.4 Å². The molecule has 3 aliphatic heterocycles. The molecule has 0 bridgehead atoms. The molecule has 2 fully saturated rings. The molecule has 0 saturated carbocycles. The summed E-state index contributed by atoms with van der Waals surface area (Å²) < 4.78 is 27.7. The van der Waals surface area contributed by atoms with Gasteiger partial charge in [-0.2, -0.15) is 0 Å². The molecule has 8 rings (SSSR count). The molecule has 0 radical (unpaired) electrons. The number of aliphatic imine (C=N–C) groups is 1. The molecule has 5 aromatic rings. The summed E-state index contributed by atoms with van der Waals surface area (Å²) in [6, 6.07) is 30.1. The second-order valence-electron chi connectivity index (χ2n) is 26.1. The Morgan fingerprint density at radius 3 is 1.65 bits per heavy atom. The number of likely N-dealkylation sites (tertiary alicyclic amines) is 2. The average Bonchev–Trinajstić information content (AvgIpc) is 0.877. The molecule has 5 aromatic carbocycles. The normalized spacial score (nSPS) is 14.0. The Labute approximate surface area is 558 Å². The molecule has 0 aliphatic carbocycles. The number of rotatable bonds is 13. The predicted molar refractivity (Wildman–Crippen MR) is 367 cm³/mol. The summed E-state index contributed by atoms with van der Waals surface area (Å²) in [5.41, 5.74) is 16.2. The van der Waals surface area contributed by atoms with Crippen molar-refractivity contribution < 1.29 is 57.2 Å². The minimum absolute atomic E-state index is 0.192. The van der Waals surface area contributed by atoms with E-state index in [1.165, 1.54) is 39.1 Å². The first-order valence-corrected chi connectivity index (χ1v) is 32.2. The number of hydrogen-bond donors (Lipinski definition) is 2. The van der Waals surface area contributed by atoms with Gasteiger partial charge in [-0.05, 0) is 170 Å². The van der Waals surface area contributed by atoms with Gasteiger partial charge in [0.05, 0.1) is 32.9 Å². The summed E-state index contributed by atoms with van der Waals surface area (Å²) in [5, 5.41) is 2.83. The summed E-state index contributed by atoms with van der Waals surface area (Å²) in [7, 11) is 3.14. The highest BCUT2D eigenvalue weighted by atomic mass is 79.9. The van der Waals surface area contributed by atoms with Crippen LogP contribution < -0.4 is 20.5 Å². The molecule has 5 amide bonds. The maximum Gasteiger partial charge on any atom is 0.410 e. The second kappa shape index (κ2) is 35.1. The number of nitrogens with two attached hydrogens (primary N) is 1. The zero-order valence-corrected chi connectivity index (χ0v) is 58.7. The number of ether oxygens (including phenoxy) is 5. The summed E-state index contributed by atoms with van der Waals surface area (Å²) in [5.74, 6) is 0.805. The van der Waals surface area contributed by atoms with E-state index in [1.54, 1.807) is 82.4 Å². The van der Waals surface area contributed by atoms with Crippen molar-refractivity contribution in [2.75, 3.05) is 53.5 Å². The number of benzene rings is 5. The zero-order valence-electron chi connectivity index (χ0n) is 57.1. The van der Waals surface area contributed by atoms with Gasteiger partial charge in [0.15, 0.2) is 6.29 Å². The highest BCUT2D eigenvalue weighted by molar-refractivity contribution is 9.10. The van der Waals surface area contributed by atoms with E-state index in [2.05, 4.69) is 85.3 Å². The van der Waals surface area contributed by atoms with Crippen LogP contribution in [0.5, 0.6) is 11.5 Å². The fourth-order valence-corrected chi connectivity index (χ4v) is 10.5. The molecule has 19 nitrogen and oxygen atoms in total. The SMILES string of the molecule is CC(C)(C)OC(=O)N1CCC(=O)CC1.COc1ccc(CN(C(=O)c2ccc(CNC(=O)c3ccccc3C=O)cc2Br)C2=CCN(C(=O)OC(C)(C)C)CC2)c(OC)c1.Cc1ccc(CN)c(C)c1.Cc1ccc(CN=C2CCN(C(=O)OC(C)(C)C)CC2)c(C)c1. The van der Waals surface area contributed by atoms with Gasteiger partial charge in [-0.3, -0.25) is 24.2 Å². The van der Waals surface area contributed by atoms with E-state index in [4.69, 9.17) is 34.4 Å². The predicted octanol–water partition coefficient (Wildman–Crippen LogP) is 14.0. The van der Waals surface area contributed by atoms with Gasteiger partial charge in [-0.25, -0.2) is 14.4 Å². The van der Waals surface area contributed by atoms with Crippen LogP contribution in [0, 0.1) is 27.7 Å². The van der Waals surface area contributed by atoms with E-state index < -0.39 is 22.9 Å². The lowest BCUT2D eigenvalue weighted by molar-refractivity contribution is -0.121. The molecule has 0 atom stereocenters. The fraction of sp³-hybridized carbons (Fsp3) is 0.452. The third-order valence-electron chi connectivity index (χ3n) is 15.0. The van der Waals surface area contributed by atoms with Crippen molar-refractivity contribution >= 4 is 63.8 Å². The Balaban J connectivity index is 0.000000272. The maximum atomic E-state index is 14.2. The molecule has 20 heteroatoms. The lowest BCUT2D eigenvalue weighted by Gasteiger charge is -2.33. The fourth-order valence-electron chi connectivity index (χ4n) is 9.92. The molecule has 3 aliphatic rings. The molecule has 0 unspecified atom stereocenters.